The first-order chi connectivity index (χ1) is 9.58. The fraction of sp³-hybridized carbons (Fsp3) is 0.500. The van der Waals surface area contributed by atoms with Crippen molar-refractivity contribution in [1.82, 2.24) is 4.90 Å². The van der Waals surface area contributed by atoms with Crippen molar-refractivity contribution >= 4 is 6.09 Å². The lowest BCUT2D eigenvalue weighted by Crippen LogP contribution is -2.46. The summed E-state index contributed by atoms with van der Waals surface area (Å²) < 4.78 is 11.0. The predicted octanol–water partition coefficient (Wildman–Crippen LogP) is 2.30. The van der Waals surface area contributed by atoms with Gasteiger partial charge in [-0.25, -0.2) is 4.79 Å². The standard InChI is InChI=1S/C14H21NO5/c1-3-5-12(16)13(6-4-2)20-10-11-9-15(14(17)18)7-8-19-11/h3-6,11,16H,7-10H2,1-2H3,(H,17,18)/b5-3-,6-4-,13-12-. The summed E-state index contributed by atoms with van der Waals surface area (Å²) in [5.41, 5.74) is 0. The van der Waals surface area contributed by atoms with Crippen LogP contribution in [-0.4, -0.2) is 53.6 Å². The van der Waals surface area contributed by atoms with Gasteiger partial charge in [0.2, 0.25) is 0 Å². The molecular formula is C14H21NO5. The highest BCUT2D eigenvalue weighted by Gasteiger charge is 2.24. The molecule has 1 heterocycles. The molecule has 112 valence electrons. The van der Waals surface area contributed by atoms with Crippen LogP contribution in [0.3, 0.4) is 0 Å². The van der Waals surface area contributed by atoms with E-state index >= 15 is 0 Å². The van der Waals surface area contributed by atoms with Crippen molar-refractivity contribution in [3.63, 3.8) is 0 Å². The van der Waals surface area contributed by atoms with E-state index in [-0.39, 0.29) is 25.0 Å². The van der Waals surface area contributed by atoms with E-state index in [0.717, 1.165) is 0 Å². The van der Waals surface area contributed by atoms with Crippen molar-refractivity contribution in [3.8, 4) is 0 Å². The molecule has 0 radical (unpaired) electrons. The van der Waals surface area contributed by atoms with Crippen LogP contribution in [0.25, 0.3) is 0 Å². The molecule has 1 aliphatic heterocycles. The first-order valence-electron chi connectivity index (χ1n) is 6.49. The van der Waals surface area contributed by atoms with E-state index < -0.39 is 6.09 Å². The molecule has 0 aromatic carbocycles. The predicted molar refractivity (Wildman–Crippen MR) is 74.6 cm³/mol. The van der Waals surface area contributed by atoms with Crippen LogP contribution in [-0.2, 0) is 9.47 Å². The van der Waals surface area contributed by atoms with Crippen molar-refractivity contribution in [2.75, 3.05) is 26.3 Å². The minimum atomic E-state index is -0.959. The van der Waals surface area contributed by atoms with Crippen molar-refractivity contribution in [2.45, 2.75) is 20.0 Å². The van der Waals surface area contributed by atoms with Gasteiger partial charge in [0.15, 0.2) is 11.5 Å². The van der Waals surface area contributed by atoms with Crippen LogP contribution in [0.1, 0.15) is 13.8 Å². The third-order valence-corrected chi connectivity index (χ3v) is 2.73. The molecule has 0 aromatic heterocycles. The fourth-order valence-corrected chi connectivity index (χ4v) is 1.78. The monoisotopic (exact) mass is 283 g/mol. The summed E-state index contributed by atoms with van der Waals surface area (Å²) in [5.74, 6) is 0.359. The zero-order valence-electron chi connectivity index (χ0n) is 11.8. The molecule has 6 nitrogen and oxygen atoms in total. The lowest BCUT2D eigenvalue weighted by Gasteiger charge is -2.30. The van der Waals surface area contributed by atoms with E-state index in [2.05, 4.69) is 0 Å². The van der Waals surface area contributed by atoms with E-state index in [9.17, 15) is 9.90 Å². The van der Waals surface area contributed by atoms with E-state index in [1.54, 1.807) is 25.2 Å². The SMILES string of the molecule is C\C=C/C(O)=C(\C=C/C)OCC1CN(C(=O)O)CCO1. The lowest BCUT2D eigenvalue weighted by molar-refractivity contribution is -0.0516. The number of ether oxygens (including phenoxy) is 2. The number of carboxylic acid groups (broad SMARTS) is 1. The largest absolute Gasteiger partial charge is 0.504 e. The van der Waals surface area contributed by atoms with Crippen LogP contribution in [0.5, 0.6) is 0 Å². The third kappa shape index (κ3) is 4.97. The molecule has 20 heavy (non-hydrogen) atoms. The van der Waals surface area contributed by atoms with Gasteiger partial charge in [-0.3, -0.25) is 0 Å². The Morgan fingerprint density at radius 2 is 2.05 bits per heavy atom. The van der Waals surface area contributed by atoms with E-state index in [1.165, 1.54) is 11.0 Å². The maximum absolute atomic E-state index is 10.9. The molecule has 1 fully saturated rings. The summed E-state index contributed by atoms with van der Waals surface area (Å²) in [6.07, 6.45) is 5.33. The molecule has 6 heteroatoms. The molecule has 1 amide bonds. The number of nitrogens with zero attached hydrogens (tertiary/aromatic N) is 1. The van der Waals surface area contributed by atoms with Gasteiger partial charge < -0.3 is 24.6 Å². The Balaban J connectivity index is 2.59. The minimum Gasteiger partial charge on any atom is -0.504 e. The second kappa shape index (κ2) is 8.27. The van der Waals surface area contributed by atoms with Gasteiger partial charge in [-0.1, -0.05) is 12.2 Å². The topological polar surface area (TPSA) is 79.2 Å². The van der Waals surface area contributed by atoms with Crippen LogP contribution in [0.15, 0.2) is 35.8 Å². The zero-order chi connectivity index (χ0) is 15.0. The maximum atomic E-state index is 10.9. The number of hydrogen-bond donors (Lipinski definition) is 2. The normalized spacial score (nSPS) is 21.3. The zero-order valence-corrected chi connectivity index (χ0v) is 11.8. The quantitative estimate of drug-likeness (QED) is 0.598. The number of amides is 1. The van der Waals surface area contributed by atoms with Crippen LogP contribution in [0.4, 0.5) is 4.79 Å². The van der Waals surface area contributed by atoms with Crippen molar-refractivity contribution in [2.24, 2.45) is 0 Å². The fourth-order valence-electron chi connectivity index (χ4n) is 1.78. The average Bonchev–Trinajstić information content (AvgIpc) is 2.44. The van der Waals surface area contributed by atoms with Gasteiger partial charge in [-0.2, -0.15) is 0 Å². The van der Waals surface area contributed by atoms with Crippen LogP contribution >= 0.6 is 0 Å². The van der Waals surface area contributed by atoms with Gasteiger partial charge in [0, 0.05) is 6.54 Å². The first-order valence-corrected chi connectivity index (χ1v) is 6.49. The van der Waals surface area contributed by atoms with Gasteiger partial charge in [0.05, 0.1) is 13.2 Å². The number of carbonyl (C=O) groups is 1. The smallest absolute Gasteiger partial charge is 0.407 e. The summed E-state index contributed by atoms with van der Waals surface area (Å²) in [6, 6.07) is 0. The summed E-state index contributed by atoms with van der Waals surface area (Å²) in [6.45, 7) is 4.78. The number of rotatable bonds is 5. The Hall–Kier alpha value is -1.95. The highest BCUT2D eigenvalue weighted by molar-refractivity contribution is 5.65. The molecule has 0 aliphatic carbocycles. The highest BCUT2D eigenvalue weighted by Crippen LogP contribution is 2.12. The Bertz CT molecular complexity index is 414. The Morgan fingerprint density at radius 3 is 2.65 bits per heavy atom. The summed E-state index contributed by atoms with van der Waals surface area (Å²) in [5, 5.41) is 18.7. The number of morpholine rings is 1. The summed E-state index contributed by atoms with van der Waals surface area (Å²) >= 11 is 0. The van der Waals surface area contributed by atoms with Crippen LogP contribution in [0, 0.1) is 0 Å². The molecule has 0 spiro atoms. The van der Waals surface area contributed by atoms with Gasteiger partial charge >= 0.3 is 6.09 Å². The third-order valence-electron chi connectivity index (χ3n) is 2.73. The average molecular weight is 283 g/mol. The summed E-state index contributed by atoms with van der Waals surface area (Å²) in [4.78, 5) is 12.2. The molecule has 0 bridgehead atoms. The van der Waals surface area contributed by atoms with Crippen LogP contribution < -0.4 is 0 Å². The maximum Gasteiger partial charge on any atom is 0.407 e. The molecular weight excluding hydrogens is 262 g/mol. The number of allylic oxidation sites excluding steroid dienone is 4. The minimum absolute atomic E-state index is 0.0245. The van der Waals surface area contributed by atoms with Gasteiger partial charge in [0.1, 0.15) is 12.7 Å². The molecule has 0 saturated carbocycles. The molecule has 1 aliphatic rings. The molecule has 2 N–H and O–H groups in total. The second-order valence-corrected chi connectivity index (χ2v) is 4.28. The van der Waals surface area contributed by atoms with Crippen molar-refractivity contribution in [3.05, 3.63) is 35.8 Å². The van der Waals surface area contributed by atoms with Gasteiger partial charge in [0.25, 0.3) is 0 Å². The molecule has 1 unspecified atom stereocenters. The summed E-state index contributed by atoms with van der Waals surface area (Å²) in [7, 11) is 0. The second-order valence-electron chi connectivity index (χ2n) is 4.28. The molecule has 1 rings (SSSR count). The lowest BCUT2D eigenvalue weighted by atomic mass is 10.3. The van der Waals surface area contributed by atoms with Gasteiger partial charge in [-0.05, 0) is 26.0 Å². The van der Waals surface area contributed by atoms with Crippen molar-refractivity contribution < 1.29 is 24.5 Å². The van der Waals surface area contributed by atoms with Crippen molar-refractivity contribution in [1.29, 1.82) is 0 Å². The number of aliphatic hydroxyl groups excluding tert-OH is 1. The Morgan fingerprint density at radius 1 is 1.35 bits per heavy atom. The van der Waals surface area contributed by atoms with E-state index in [4.69, 9.17) is 14.6 Å². The number of aliphatic hydroxyl groups is 1. The molecule has 1 atom stereocenters. The molecule has 1 saturated heterocycles. The first kappa shape index (κ1) is 16.1. The molecule has 0 aromatic rings. The van der Waals surface area contributed by atoms with E-state index in [1.807, 2.05) is 6.92 Å². The number of hydrogen-bond acceptors (Lipinski definition) is 4. The van der Waals surface area contributed by atoms with E-state index in [0.29, 0.717) is 18.9 Å². The highest BCUT2D eigenvalue weighted by atomic mass is 16.5. The van der Waals surface area contributed by atoms with Crippen LogP contribution in [0.2, 0.25) is 0 Å². The van der Waals surface area contributed by atoms with Gasteiger partial charge in [-0.15, -0.1) is 0 Å². The Labute approximate surface area is 118 Å². The Kier molecular flexibility index (Phi) is 6.66.